The second kappa shape index (κ2) is 9.70. The quantitative estimate of drug-likeness (QED) is 0.464. The number of carbonyl (C=O) groups is 1. The SMILES string of the molecule is C=CCn1c(=NC(=O)Cc2ccc(S(=O)(=O)C(C)C)cc2)sc2c(OC)ccc(OC)c21. The molecule has 0 unspecified atom stereocenters. The molecule has 0 aliphatic rings. The van der Waals surface area contributed by atoms with Crippen LogP contribution >= 0.6 is 11.3 Å². The lowest BCUT2D eigenvalue weighted by Gasteiger charge is -2.08. The number of carbonyl (C=O) groups excluding carboxylic acids is 1. The summed E-state index contributed by atoms with van der Waals surface area (Å²) in [5, 5.41) is -0.507. The van der Waals surface area contributed by atoms with Crippen molar-refractivity contribution < 1.29 is 22.7 Å². The van der Waals surface area contributed by atoms with Gasteiger partial charge in [-0.1, -0.05) is 29.5 Å². The number of nitrogens with zero attached hydrogens (tertiary/aromatic N) is 2. The molecule has 0 atom stereocenters. The molecule has 1 aromatic heterocycles. The fourth-order valence-corrected chi connectivity index (χ4v) is 5.45. The van der Waals surface area contributed by atoms with Crippen LogP contribution in [-0.4, -0.2) is 38.4 Å². The van der Waals surface area contributed by atoms with E-state index in [0.29, 0.717) is 28.4 Å². The normalized spacial score (nSPS) is 12.3. The smallest absolute Gasteiger partial charge is 0.252 e. The number of aromatic nitrogens is 1. The first-order chi connectivity index (χ1) is 15.2. The maximum Gasteiger partial charge on any atom is 0.252 e. The van der Waals surface area contributed by atoms with Crippen LogP contribution < -0.4 is 14.3 Å². The van der Waals surface area contributed by atoms with Gasteiger partial charge in [-0.25, -0.2) is 8.42 Å². The maximum atomic E-state index is 12.7. The first-order valence-corrected chi connectivity index (χ1v) is 12.3. The lowest BCUT2D eigenvalue weighted by molar-refractivity contribution is -0.117. The van der Waals surface area contributed by atoms with Crippen molar-refractivity contribution in [2.75, 3.05) is 14.2 Å². The Morgan fingerprint density at radius 1 is 1.12 bits per heavy atom. The van der Waals surface area contributed by atoms with Crippen molar-refractivity contribution in [3.8, 4) is 11.5 Å². The average Bonchev–Trinajstić information content (AvgIpc) is 3.11. The lowest BCUT2D eigenvalue weighted by Crippen LogP contribution is -2.17. The van der Waals surface area contributed by atoms with Crippen molar-refractivity contribution in [2.24, 2.45) is 4.99 Å². The summed E-state index contributed by atoms with van der Waals surface area (Å²) >= 11 is 1.34. The summed E-state index contributed by atoms with van der Waals surface area (Å²) < 4.78 is 38.2. The van der Waals surface area contributed by atoms with Gasteiger partial charge in [0.15, 0.2) is 14.6 Å². The number of ether oxygens (including phenoxy) is 2. The van der Waals surface area contributed by atoms with Gasteiger partial charge < -0.3 is 14.0 Å². The zero-order valence-electron chi connectivity index (χ0n) is 18.5. The van der Waals surface area contributed by atoms with Crippen LogP contribution in [0.15, 0.2) is 58.9 Å². The average molecular weight is 475 g/mol. The van der Waals surface area contributed by atoms with Crippen molar-refractivity contribution in [3.05, 3.63) is 59.4 Å². The van der Waals surface area contributed by atoms with Crippen LogP contribution in [0.25, 0.3) is 10.2 Å². The van der Waals surface area contributed by atoms with Crippen LogP contribution in [0.3, 0.4) is 0 Å². The van der Waals surface area contributed by atoms with E-state index in [1.807, 2.05) is 16.7 Å². The number of hydrogen-bond acceptors (Lipinski definition) is 6. The first-order valence-electron chi connectivity index (χ1n) is 9.98. The highest BCUT2D eigenvalue weighted by Gasteiger charge is 2.19. The molecule has 1 heterocycles. The Morgan fingerprint density at radius 3 is 2.31 bits per heavy atom. The van der Waals surface area contributed by atoms with Crippen molar-refractivity contribution in [3.63, 3.8) is 0 Å². The molecule has 0 spiro atoms. The van der Waals surface area contributed by atoms with E-state index in [-0.39, 0.29) is 17.2 Å². The Labute approximate surface area is 191 Å². The van der Waals surface area contributed by atoms with Gasteiger partial charge in [-0.3, -0.25) is 4.79 Å². The van der Waals surface area contributed by atoms with Gasteiger partial charge in [0.1, 0.15) is 21.7 Å². The van der Waals surface area contributed by atoms with E-state index in [1.165, 1.54) is 23.5 Å². The van der Waals surface area contributed by atoms with Gasteiger partial charge in [0.25, 0.3) is 5.91 Å². The summed E-state index contributed by atoms with van der Waals surface area (Å²) in [6.45, 7) is 7.52. The predicted octanol–water partition coefficient (Wildman–Crippen LogP) is 3.76. The molecule has 0 aliphatic heterocycles. The molecule has 3 aromatic rings. The molecule has 0 N–H and O–H groups in total. The summed E-state index contributed by atoms with van der Waals surface area (Å²) in [6, 6.07) is 9.99. The third kappa shape index (κ3) is 4.63. The van der Waals surface area contributed by atoms with Crippen LogP contribution in [0.4, 0.5) is 0 Å². The van der Waals surface area contributed by atoms with Crippen LogP contribution in [0.2, 0.25) is 0 Å². The molecule has 0 fully saturated rings. The third-order valence-corrected chi connectivity index (χ3v) is 8.22. The number of thiazole rings is 1. The van der Waals surface area contributed by atoms with E-state index >= 15 is 0 Å². The Morgan fingerprint density at radius 2 is 1.75 bits per heavy atom. The first kappa shape index (κ1) is 23.7. The van der Waals surface area contributed by atoms with Crippen molar-refractivity contribution in [2.45, 2.75) is 37.0 Å². The summed E-state index contributed by atoms with van der Waals surface area (Å²) in [4.78, 5) is 17.8. The Bertz CT molecular complexity index is 1320. The van der Waals surface area contributed by atoms with Crippen molar-refractivity contribution >= 4 is 37.3 Å². The highest BCUT2D eigenvalue weighted by molar-refractivity contribution is 7.92. The monoisotopic (exact) mass is 474 g/mol. The van der Waals surface area contributed by atoms with Gasteiger partial charge in [-0.2, -0.15) is 4.99 Å². The highest BCUT2D eigenvalue weighted by atomic mass is 32.2. The summed E-state index contributed by atoms with van der Waals surface area (Å²) in [7, 11) is -0.181. The number of fused-ring (bicyclic) bond motifs is 1. The fraction of sp³-hybridized carbons (Fsp3) is 0.304. The van der Waals surface area contributed by atoms with Crippen molar-refractivity contribution in [1.29, 1.82) is 0 Å². The number of rotatable bonds is 8. The zero-order valence-corrected chi connectivity index (χ0v) is 20.1. The van der Waals surface area contributed by atoms with Gasteiger partial charge in [0, 0.05) is 6.54 Å². The second-order valence-corrected chi connectivity index (χ2v) is 10.8. The number of hydrogen-bond donors (Lipinski definition) is 0. The molecule has 1 amide bonds. The molecule has 7 nitrogen and oxygen atoms in total. The molecular weight excluding hydrogens is 448 g/mol. The van der Waals surface area contributed by atoms with E-state index in [1.54, 1.807) is 46.3 Å². The topological polar surface area (TPSA) is 87.0 Å². The fourth-order valence-electron chi connectivity index (χ4n) is 3.23. The number of benzene rings is 2. The number of sulfone groups is 1. The van der Waals surface area contributed by atoms with E-state index in [0.717, 1.165) is 10.2 Å². The minimum atomic E-state index is -3.35. The molecule has 3 rings (SSSR count). The summed E-state index contributed by atoms with van der Waals surface area (Å²) in [5.74, 6) is 0.973. The second-order valence-electron chi connectivity index (χ2n) is 7.35. The number of allylic oxidation sites excluding steroid dienone is 1. The Hall–Kier alpha value is -2.91. The molecular formula is C23H26N2O5S2. The van der Waals surface area contributed by atoms with Crippen LogP contribution in [0.5, 0.6) is 11.5 Å². The van der Waals surface area contributed by atoms with E-state index in [9.17, 15) is 13.2 Å². The number of methoxy groups -OCH3 is 2. The van der Waals surface area contributed by atoms with E-state index < -0.39 is 15.1 Å². The molecule has 0 saturated carbocycles. The lowest BCUT2D eigenvalue weighted by atomic mass is 10.1. The largest absolute Gasteiger partial charge is 0.495 e. The van der Waals surface area contributed by atoms with Crippen LogP contribution in [-0.2, 0) is 27.6 Å². The van der Waals surface area contributed by atoms with Crippen LogP contribution in [0.1, 0.15) is 19.4 Å². The molecule has 32 heavy (non-hydrogen) atoms. The summed E-state index contributed by atoms with van der Waals surface area (Å²) in [6.07, 6.45) is 1.78. The Balaban J connectivity index is 1.99. The van der Waals surface area contributed by atoms with Gasteiger partial charge in [0.05, 0.1) is 30.8 Å². The minimum absolute atomic E-state index is 0.0542. The third-order valence-electron chi connectivity index (χ3n) is 4.95. The van der Waals surface area contributed by atoms with Gasteiger partial charge in [-0.05, 0) is 43.7 Å². The van der Waals surface area contributed by atoms with Gasteiger partial charge in [0.2, 0.25) is 0 Å². The summed E-state index contributed by atoms with van der Waals surface area (Å²) in [5.41, 5.74) is 1.47. The molecule has 0 saturated heterocycles. The van der Waals surface area contributed by atoms with Gasteiger partial charge >= 0.3 is 0 Å². The standard InChI is InChI=1S/C23H26N2O5S2/c1-6-13-25-21-18(29-4)11-12-19(30-5)22(21)31-23(25)24-20(26)14-16-7-9-17(10-8-16)32(27,28)15(2)3/h6-12,15H,1,13-14H2,2-5H3. The maximum absolute atomic E-state index is 12.7. The Kier molecular flexibility index (Phi) is 7.20. The van der Waals surface area contributed by atoms with Crippen molar-refractivity contribution in [1.82, 2.24) is 4.57 Å². The number of amides is 1. The molecule has 0 aliphatic carbocycles. The molecule has 2 aromatic carbocycles. The molecule has 0 radical (unpaired) electrons. The van der Waals surface area contributed by atoms with E-state index in [2.05, 4.69) is 11.6 Å². The molecule has 170 valence electrons. The predicted molar refractivity (Wildman–Crippen MR) is 126 cm³/mol. The highest BCUT2D eigenvalue weighted by Crippen LogP contribution is 2.35. The van der Waals surface area contributed by atoms with Crippen LogP contribution in [0, 0.1) is 0 Å². The van der Waals surface area contributed by atoms with Gasteiger partial charge in [-0.15, -0.1) is 6.58 Å². The molecule has 0 bridgehead atoms. The zero-order chi connectivity index (χ0) is 23.5. The van der Waals surface area contributed by atoms with E-state index in [4.69, 9.17) is 9.47 Å². The molecule has 9 heteroatoms. The minimum Gasteiger partial charge on any atom is -0.495 e.